The molecule has 9 aliphatic rings. The maximum Gasteiger partial charge on any atom is 0.317 e. The van der Waals surface area contributed by atoms with Crippen molar-refractivity contribution in [3.05, 3.63) is 41.7 Å². The van der Waals surface area contributed by atoms with Gasteiger partial charge in [-0.3, -0.25) is 14.6 Å². The maximum absolute atomic E-state index is 15.5. The van der Waals surface area contributed by atoms with E-state index >= 15 is 4.79 Å². The molecule has 5 aliphatic carbocycles. The number of aromatic nitrogens is 1. The van der Waals surface area contributed by atoms with E-state index in [2.05, 4.69) is 57.1 Å². The fourth-order valence-electron chi connectivity index (χ4n) is 18.1. The van der Waals surface area contributed by atoms with Gasteiger partial charge in [-0.25, -0.2) is 0 Å². The van der Waals surface area contributed by atoms with Crippen LogP contribution in [0.25, 0.3) is 0 Å². The zero-order valence-corrected chi connectivity index (χ0v) is 53.4. The van der Waals surface area contributed by atoms with Crippen molar-refractivity contribution in [2.24, 2.45) is 50.2 Å². The zero-order valence-electron chi connectivity index (χ0n) is 53.4. The van der Waals surface area contributed by atoms with Crippen LogP contribution < -0.4 is 5.32 Å². The molecule has 1 aromatic heterocycles. The van der Waals surface area contributed by atoms with E-state index < -0.39 is 174 Å². The lowest BCUT2D eigenvalue weighted by Crippen LogP contribution is -2.69. The van der Waals surface area contributed by atoms with Crippen LogP contribution in [-0.4, -0.2) is 221 Å². The van der Waals surface area contributed by atoms with Gasteiger partial charge in [0.15, 0.2) is 31.1 Å². The molecule has 29 atom stereocenters. The number of carbonyl (C=O) groups excluding carboxylic acids is 3. The third-order valence-electron chi connectivity index (χ3n) is 23.8. The first kappa shape index (κ1) is 69.6. The van der Waals surface area contributed by atoms with E-state index in [-0.39, 0.29) is 36.7 Å². The highest BCUT2D eigenvalue weighted by Crippen LogP contribution is 2.76. The molecule has 1 aromatic rings. The van der Waals surface area contributed by atoms with E-state index in [1.807, 2.05) is 19.2 Å². The summed E-state index contributed by atoms with van der Waals surface area (Å²) in [5, 5.41) is 126. The van der Waals surface area contributed by atoms with E-state index in [1.54, 1.807) is 6.20 Å². The van der Waals surface area contributed by atoms with E-state index in [0.29, 0.717) is 57.9 Å². The van der Waals surface area contributed by atoms with E-state index in [4.69, 9.17) is 37.9 Å². The molecule has 4 saturated heterocycles. The number of rotatable bonds is 19. The number of amides is 1. The molecule has 12 unspecified atom stereocenters. The predicted molar refractivity (Wildman–Crippen MR) is 317 cm³/mol. The lowest BCUT2D eigenvalue weighted by atomic mass is 9.33. The summed E-state index contributed by atoms with van der Waals surface area (Å²) in [6.07, 6.45) is -14.6. The smallest absolute Gasteiger partial charge is 0.317 e. The van der Waals surface area contributed by atoms with Crippen LogP contribution in [0.4, 0.5) is 0 Å². The first-order valence-corrected chi connectivity index (χ1v) is 33.1. The van der Waals surface area contributed by atoms with Crippen molar-refractivity contribution in [2.75, 3.05) is 13.2 Å². The van der Waals surface area contributed by atoms with E-state index in [0.717, 1.165) is 50.4 Å². The van der Waals surface area contributed by atoms with Crippen LogP contribution in [0, 0.1) is 50.2 Å². The van der Waals surface area contributed by atoms with Crippen molar-refractivity contribution in [1.29, 1.82) is 0 Å². The number of allylic oxidation sites excluding steroid dienone is 2. The zero-order chi connectivity index (χ0) is 65.2. The number of hydrogen-bond acceptors (Lipinski definition) is 23. The van der Waals surface area contributed by atoms with Crippen LogP contribution in [0.1, 0.15) is 157 Å². The molecule has 24 heteroatoms. The van der Waals surface area contributed by atoms with Gasteiger partial charge in [-0.1, -0.05) is 84.9 Å². The average Bonchev–Trinajstić information content (AvgIpc) is 0.774. The number of fused-ring (bicyclic) bond motifs is 7. The third kappa shape index (κ3) is 12.5. The van der Waals surface area contributed by atoms with Crippen molar-refractivity contribution in [1.82, 2.24) is 10.3 Å². The minimum absolute atomic E-state index is 0.0301. The second kappa shape index (κ2) is 27.1. The van der Waals surface area contributed by atoms with Crippen molar-refractivity contribution < 1.29 is 108 Å². The first-order chi connectivity index (χ1) is 42.5. The molecule has 0 bridgehead atoms. The molecule has 24 nitrogen and oxygen atoms in total. The summed E-state index contributed by atoms with van der Waals surface area (Å²) in [6, 6.07) is 4.01. The molecule has 8 fully saturated rings. The van der Waals surface area contributed by atoms with E-state index in [9.17, 15) is 65.8 Å². The number of esters is 1. The number of nitrogens with zero attached hydrogens (tertiary/aromatic N) is 1. The summed E-state index contributed by atoms with van der Waals surface area (Å²) >= 11 is 0. The normalized spacial score (nSPS) is 48.3. The number of carbonyl (C=O) groups is 3. The summed E-state index contributed by atoms with van der Waals surface area (Å²) in [7, 11) is 0. The predicted octanol–water partition coefficient (Wildman–Crippen LogP) is 1.91. The Labute approximate surface area is 527 Å². The Morgan fingerprint density at radius 2 is 1.32 bits per heavy atom. The van der Waals surface area contributed by atoms with E-state index in [1.165, 1.54) is 19.4 Å². The number of aryl methyl sites for hydroxylation is 1. The molecule has 508 valence electrons. The Hall–Kier alpha value is -3.22. The molecule has 4 aliphatic heterocycles. The van der Waals surface area contributed by atoms with Gasteiger partial charge in [-0.15, -0.1) is 0 Å². The Morgan fingerprint density at radius 3 is 2.03 bits per heavy atom. The standard InChI is InChI=1S/C66H102N2O22/c1-33-43(72)46(75)54(89-57-51(80)48(77)52(34(2)85-57)87-56-49(78)44(73)38(70)31-83-56)59(84-33)90-60(82)66-25-24-61(3,4)28-37(66)36-18-19-40-62(5)22-21-42(63(6,32-69)39(62)20-23-64(40,7)65(36,8)29-41(66)71)86-58-50(79)45(74)47(76)53(88-58)55(81)68-27-14-12-10-9-11-13-16-35-17-15-26-67-30-35/h15,17-18,26,30,32-34,37-54,56-59,70-80H,9-14,16,19-25,27-29,31H2,1-8H3,(H,68,81)/t33?,34?,37?,38-,39-,40?,41?,42+,43+,44+,45+,46+,47+,48-,49?,50?,51?,52+,53?,54?,56+,57+,58-,59+,62?,63-,64?,65-,66-/m1/s1. The quantitative estimate of drug-likeness (QED) is 0.0309. The first-order valence-electron chi connectivity index (χ1n) is 33.1. The van der Waals surface area contributed by atoms with Gasteiger partial charge < -0.3 is 104 Å². The Bertz CT molecular complexity index is 2680. The lowest BCUT2D eigenvalue weighted by molar-refractivity contribution is -0.373. The minimum Gasteiger partial charge on any atom is -0.432 e. The Morgan fingerprint density at radius 1 is 0.667 bits per heavy atom. The molecule has 12 N–H and O–H groups in total. The minimum atomic E-state index is -1.90. The number of aldehydes is 1. The van der Waals surface area contributed by atoms with Crippen LogP contribution in [-0.2, 0) is 58.7 Å². The topological polar surface area (TPSA) is 372 Å². The fourth-order valence-corrected chi connectivity index (χ4v) is 18.1. The maximum atomic E-state index is 15.5. The molecule has 4 saturated carbocycles. The molecule has 10 rings (SSSR count). The summed E-state index contributed by atoms with van der Waals surface area (Å²) < 4.78 is 48.3. The lowest BCUT2D eigenvalue weighted by Gasteiger charge is -2.71. The van der Waals surface area contributed by atoms with Crippen LogP contribution in [0.2, 0.25) is 0 Å². The molecular formula is C66H102N2O22. The number of aliphatic hydroxyl groups excluding tert-OH is 11. The number of unbranched alkanes of at least 4 members (excludes halogenated alkanes) is 5. The van der Waals surface area contributed by atoms with Gasteiger partial charge in [0.25, 0.3) is 5.91 Å². The number of pyridine rings is 1. The third-order valence-corrected chi connectivity index (χ3v) is 23.8. The number of aliphatic hydroxyl groups is 11. The SMILES string of the molecule is CC1O[C@@H](OC(=O)[C@]23CCC(C)(C)CC2C2=CCC4C5(C)CC[C@H](O[C@@H]6OC(C(=O)NCCCCCCCCc7cccnc7)[C@@H](O)[C@H](O)C6O)[C@](C)(C=O)[C@@H]5CCC4(C)[C@]2(C)CC3O)C(O[C@@H]2OC(C)[C@H](O[C@@H]3OC[C@@H](O)[C@H](O)C3O)[C@H](O)C2O)[C@@H](O)[C@H]1O. The molecule has 0 spiro atoms. The molecule has 1 amide bonds. The second-order valence-corrected chi connectivity index (χ2v) is 29.8. The second-order valence-electron chi connectivity index (χ2n) is 29.8. The van der Waals surface area contributed by atoms with Gasteiger partial charge in [0.05, 0.1) is 36.4 Å². The average molecular weight is 1280 g/mol. The van der Waals surface area contributed by atoms with Gasteiger partial charge in [-0.2, -0.15) is 0 Å². The summed E-state index contributed by atoms with van der Waals surface area (Å²) in [4.78, 5) is 47.1. The monoisotopic (exact) mass is 1270 g/mol. The van der Waals surface area contributed by atoms with Crippen molar-refractivity contribution >= 4 is 18.2 Å². The van der Waals surface area contributed by atoms with Gasteiger partial charge >= 0.3 is 5.97 Å². The van der Waals surface area contributed by atoms with Crippen LogP contribution >= 0.6 is 0 Å². The van der Waals surface area contributed by atoms with Gasteiger partial charge in [0, 0.05) is 18.9 Å². The van der Waals surface area contributed by atoms with Crippen molar-refractivity contribution in [2.45, 2.75) is 287 Å². The van der Waals surface area contributed by atoms with Gasteiger partial charge in [-0.05, 0) is 142 Å². The highest BCUT2D eigenvalue weighted by molar-refractivity contribution is 5.82. The van der Waals surface area contributed by atoms with Crippen LogP contribution in [0.5, 0.6) is 0 Å². The highest BCUT2D eigenvalue weighted by Gasteiger charge is 2.73. The van der Waals surface area contributed by atoms with Crippen LogP contribution in [0.3, 0.4) is 0 Å². The summed E-state index contributed by atoms with van der Waals surface area (Å²) in [6.45, 7) is 15.7. The molecular weight excluding hydrogens is 1170 g/mol. The summed E-state index contributed by atoms with van der Waals surface area (Å²) in [5.41, 5.74) is -2.32. The molecule has 5 heterocycles. The van der Waals surface area contributed by atoms with Crippen molar-refractivity contribution in [3.8, 4) is 0 Å². The summed E-state index contributed by atoms with van der Waals surface area (Å²) in [5.74, 6) is -2.25. The fraction of sp³-hybridized carbons (Fsp3) is 0.848. The Kier molecular flexibility index (Phi) is 21.0. The number of nitrogens with one attached hydrogen (secondary N) is 1. The number of hydrogen-bond donors (Lipinski definition) is 12. The molecule has 0 radical (unpaired) electrons. The van der Waals surface area contributed by atoms with Crippen LogP contribution in [0.15, 0.2) is 36.2 Å². The largest absolute Gasteiger partial charge is 0.432 e. The van der Waals surface area contributed by atoms with Gasteiger partial charge in [0.1, 0.15) is 78.8 Å². The van der Waals surface area contributed by atoms with Crippen molar-refractivity contribution in [3.63, 3.8) is 0 Å². The number of ether oxygens (including phenoxy) is 8. The highest BCUT2D eigenvalue weighted by atomic mass is 16.8. The van der Waals surface area contributed by atoms with Gasteiger partial charge in [0.2, 0.25) is 6.29 Å². The Balaban J connectivity index is 0.817. The molecule has 0 aromatic carbocycles. The molecule has 90 heavy (non-hydrogen) atoms.